The van der Waals surface area contributed by atoms with Crippen molar-refractivity contribution in [3.8, 4) is 17.2 Å². The predicted molar refractivity (Wildman–Crippen MR) is 174 cm³/mol. The van der Waals surface area contributed by atoms with Crippen LogP contribution in [-0.2, 0) is 4.79 Å². The van der Waals surface area contributed by atoms with Crippen molar-refractivity contribution in [1.82, 2.24) is 10.3 Å². The predicted octanol–water partition coefficient (Wildman–Crippen LogP) is 7.77. The minimum atomic E-state index is -4.52. The number of amides is 2. The molecule has 1 heterocycles. The zero-order valence-electron chi connectivity index (χ0n) is 25.2. The van der Waals surface area contributed by atoms with Gasteiger partial charge in [0.25, 0.3) is 5.91 Å². The van der Waals surface area contributed by atoms with E-state index in [9.17, 15) is 22.8 Å². The van der Waals surface area contributed by atoms with Crippen LogP contribution in [0.15, 0.2) is 108 Å². The molecular weight excluding hydrogens is 603 g/mol. The number of hydrogen-bond acceptors (Lipinski definition) is 5. The lowest BCUT2D eigenvalue weighted by Gasteiger charge is -2.14. The van der Waals surface area contributed by atoms with Crippen LogP contribution in [0.4, 0.5) is 24.7 Å². The fraction of sp³-hybridized carbons (Fsp3) is 0.162. The van der Waals surface area contributed by atoms with Gasteiger partial charge < -0.3 is 10.6 Å². The molecule has 2 N–H and O–H groups in total. The van der Waals surface area contributed by atoms with Crippen LogP contribution in [-0.4, -0.2) is 35.2 Å². The van der Waals surface area contributed by atoms with E-state index in [1.807, 2.05) is 78.1 Å². The fourth-order valence-electron chi connectivity index (χ4n) is 5.42. The minimum absolute atomic E-state index is 0.106. The largest absolute Gasteiger partial charge is 0.405 e. The Kier molecular flexibility index (Phi) is 8.55. The first-order valence-corrected chi connectivity index (χ1v) is 14.9. The summed E-state index contributed by atoms with van der Waals surface area (Å²) in [7, 11) is 0. The molecule has 0 radical (unpaired) electrons. The SMILES string of the molecule is Cc1cc(C(=O)NCC(F)(F)F)ccc1-c1cc(N=C(c2ccccc2)c2ccccc2)c2cnc(NC(=O)C3CC3C#N)cc2c1. The maximum atomic E-state index is 12.7. The van der Waals surface area contributed by atoms with Crippen molar-refractivity contribution in [1.29, 1.82) is 5.26 Å². The highest BCUT2D eigenvalue weighted by molar-refractivity contribution is 6.15. The summed E-state index contributed by atoms with van der Waals surface area (Å²) in [6.07, 6.45) is -2.35. The van der Waals surface area contributed by atoms with Gasteiger partial charge in [0.15, 0.2) is 0 Å². The molecule has 2 unspecified atom stereocenters. The first-order chi connectivity index (χ1) is 22.6. The van der Waals surface area contributed by atoms with E-state index in [4.69, 9.17) is 10.3 Å². The molecule has 1 aliphatic carbocycles. The number of nitrogens with one attached hydrogen (secondary N) is 2. The van der Waals surface area contributed by atoms with Crippen LogP contribution in [0, 0.1) is 30.1 Å². The minimum Gasteiger partial charge on any atom is -0.343 e. The number of carbonyl (C=O) groups excluding carboxylic acids is 2. The molecule has 0 bridgehead atoms. The summed E-state index contributed by atoms with van der Waals surface area (Å²) >= 11 is 0. The topological polar surface area (TPSA) is 107 Å². The lowest BCUT2D eigenvalue weighted by atomic mass is 9.95. The van der Waals surface area contributed by atoms with Crippen LogP contribution < -0.4 is 10.6 Å². The molecule has 1 fully saturated rings. The second-order valence-corrected chi connectivity index (χ2v) is 11.4. The Morgan fingerprint density at radius 1 is 0.936 bits per heavy atom. The highest BCUT2D eigenvalue weighted by Crippen LogP contribution is 2.39. The van der Waals surface area contributed by atoms with E-state index < -0.39 is 18.6 Å². The average Bonchev–Trinajstić information content (AvgIpc) is 3.87. The van der Waals surface area contributed by atoms with Gasteiger partial charge in [0, 0.05) is 28.3 Å². The Labute approximate surface area is 268 Å². The summed E-state index contributed by atoms with van der Waals surface area (Å²) < 4.78 is 38.0. The monoisotopic (exact) mass is 631 g/mol. The van der Waals surface area contributed by atoms with Crippen LogP contribution in [0.2, 0.25) is 0 Å². The Morgan fingerprint density at radius 3 is 2.21 bits per heavy atom. The zero-order chi connectivity index (χ0) is 33.1. The third-order valence-corrected chi connectivity index (χ3v) is 7.94. The molecule has 2 amide bonds. The number of aliphatic imine (C=N–C) groups is 1. The molecule has 0 aliphatic heterocycles. The van der Waals surface area contributed by atoms with E-state index in [0.29, 0.717) is 23.5 Å². The Hall–Kier alpha value is -5.82. The third-order valence-electron chi connectivity index (χ3n) is 7.94. The van der Waals surface area contributed by atoms with E-state index in [-0.39, 0.29) is 23.3 Å². The normalized spacial score (nSPS) is 15.4. The maximum Gasteiger partial charge on any atom is 0.405 e. The lowest BCUT2D eigenvalue weighted by Crippen LogP contribution is -2.33. The number of alkyl halides is 3. The molecule has 2 atom stereocenters. The van der Waals surface area contributed by atoms with Crippen molar-refractivity contribution in [3.63, 3.8) is 0 Å². The quantitative estimate of drug-likeness (QED) is 0.171. The third kappa shape index (κ3) is 7.20. The van der Waals surface area contributed by atoms with Crippen molar-refractivity contribution in [3.05, 3.63) is 126 Å². The zero-order valence-corrected chi connectivity index (χ0v) is 25.2. The summed E-state index contributed by atoms with van der Waals surface area (Å²) in [5.74, 6) is -1.41. The van der Waals surface area contributed by atoms with Crippen molar-refractivity contribution in [2.75, 3.05) is 11.9 Å². The summed E-state index contributed by atoms with van der Waals surface area (Å²) in [5.41, 5.74) is 5.39. The Bertz CT molecular complexity index is 2010. The second kappa shape index (κ2) is 12.9. The number of aryl methyl sites for hydroxylation is 1. The molecule has 1 aromatic heterocycles. The van der Waals surface area contributed by atoms with E-state index in [1.54, 1.807) is 31.3 Å². The van der Waals surface area contributed by atoms with Crippen molar-refractivity contribution in [2.24, 2.45) is 16.8 Å². The standard InChI is InChI=1S/C37H28F3N5O2/c1-22-14-25(35(46)43-21-37(38,39)40)12-13-29(22)26-15-27-18-33(45-36(47)30-16-28(30)19-41)42-20-31(27)32(17-26)44-34(23-8-4-2-5-9-23)24-10-6-3-7-11-24/h2-15,17-18,20,28,30H,16,21H2,1H3,(H,43,46)(H,42,45,47). The van der Waals surface area contributed by atoms with Crippen LogP contribution >= 0.6 is 0 Å². The first kappa shape index (κ1) is 31.2. The fourth-order valence-corrected chi connectivity index (χ4v) is 5.42. The first-order valence-electron chi connectivity index (χ1n) is 14.9. The molecule has 7 nitrogen and oxygen atoms in total. The molecule has 1 saturated carbocycles. The number of anilines is 1. The van der Waals surface area contributed by atoms with Gasteiger partial charge in [-0.25, -0.2) is 9.98 Å². The highest BCUT2D eigenvalue weighted by Gasteiger charge is 2.43. The van der Waals surface area contributed by atoms with E-state index in [0.717, 1.165) is 38.7 Å². The van der Waals surface area contributed by atoms with Crippen LogP contribution in [0.25, 0.3) is 21.9 Å². The average molecular weight is 632 g/mol. The summed E-state index contributed by atoms with van der Waals surface area (Å²) in [5, 5.41) is 15.3. The summed E-state index contributed by atoms with van der Waals surface area (Å²) in [6.45, 7) is 0.358. The molecule has 6 rings (SSSR count). The highest BCUT2D eigenvalue weighted by atomic mass is 19.4. The van der Waals surface area contributed by atoms with E-state index >= 15 is 0 Å². The van der Waals surface area contributed by atoms with Crippen LogP contribution in [0.3, 0.4) is 0 Å². The van der Waals surface area contributed by atoms with Crippen LogP contribution in [0.1, 0.15) is 33.5 Å². The van der Waals surface area contributed by atoms with Gasteiger partial charge in [-0.15, -0.1) is 0 Å². The number of benzene rings is 4. The number of nitriles is 1. The van der Waals surface area contributed by atoms with Gasteiger partial charge in [0.2, 0.25) is 5.91 Å². The maximum absolute atomic E-state index is 12.7. The van der Waals surface area contributed by atoms with Crippen molar-refractivity contribution >= 4 is 39.8 Å². The molecule has 5 aromatic rings. The number of halogens is 3. The number of rotatable bonds is 8. The molecular formula is C37H28F3N5O2. The molecule has 47 heavy (non-hydrogen) atoms. The molecule has 1 aliphatic rings. The molecule has 0 spiro atoms. The smallest absolute Gasteiger partial charge is 0.343 e. The molecule has 234 valence electrons. The van der Waals surface area contributed by atoms with Gasteiger partial charge in [-0.2, -0.15) is 18.4 Å². The Balaban J connectivity index is 1.46. The summed E-state index contributed by atoms with van der Waals surface area (Å²) in [4.78, 5) is 34.8. The van der Waals surface area contributed by atoms with Gasteiger partial charge in [-0.3, -0.25) is 9.59 Å². The van der Waals surface area contributed by atoms with Gasteiger partial charge >= 0.3 is 6.18 Å². The van der Waals surface area contributed by atoms with E-state index in [2.05, 4.69) is 16.4 Å². The number of pyridine rings is 1. The van der Waals surface area contributed by atoms with Gasteiger partial charge in [0.1, 0.15) is 12.4 Å². The van der Waals surface area contributed by atoms with Crippen LogP contribution in [0.5, 0.6) is 0 Å². The van der Waals surface area contributed by atoms with Gasteiger partial charge in [-0.05, 0) is 65.8 Å². The second-order valence-electron chi connectivity index (χ2n) is 11.4. The number of aromatic nitrogens is 1. The number of nitrogens with zero attached hydrogens (tertiary/aromatic N) is 3. The molecule has 4 aromatic carbocycles. The Morgan fingerprint density at radius 2 is 1.62 bits per heavy atom. The van der Waals surface area contributed by atoms with E-state index in [1.165, 1.54) is 6.07 Å². The van der Waals surface area contributed by atoms with Crippen molar-refractivity contribution in [2.45, 2.75) is 19.5 Å². The van der Waals surface area contributed by atoms with Gasteiger partial charge in [0.05, 0.1) is 29.3 Å². The molecule has 0 saturated heterocycles. The summed E-state index contributed by atoms with van der Waals surface area (Å²) in [6, 6.07) is 31.9. The lowest BCUT2D eigenvalue weighted by molar-refractivity contribution is -0.123. The number of hydrogen-bond donors (Lipinski definition) is 2. The molecule has 10 heteroatoms. The number of fused-ring (bicyclic) bond motifs is 1. The van der Waals surface area contributed by atoms with Crippen molar-refractivity contribution < 1.29 is 22.8 Å². The number of carbonyl (C=O) groups is 2. The van der Waals surface area contributed by atoms with Gasteiger partial charge in [-0.1, -0.05) is 66.7 Å².